The summed E-state index contributed by atoms with van der Waals surface area (Å²) in [5, 5.41) is 5.64. The van der Waals surface area contributed by atoms with Gasteiger partial charge in [-0.3, -0.25) is 9.79 Å². The van der Waals surface area contributed by atoms with Crippen LogP contribution in [0.5, 0.6) is 0 Å². The maximum atomic E-state index is 13.1. The molecular formula is C28H31F3N8O. The number of nitrogens with zero attached hydrogens (tertiary/aromatic N) is 5. The van der Waals surface area contributed by atoms with Gasteiger partial charge in [-0.2, -0.15) is 13.2 Å². The third-order valence-corrected chi connectivity index (χ3v) is 6.46. The van der Waals surface area contributed by atoms with Crippen molar-refractivity contribution in [1.82, 2.24) is 9.80 Å². The van der Waals surface area contributed by atoms with Gasteiger partial charge in [0.2, 0.25) is 5.96 Å². The molecule has 1 saturated heterocycles. The molecule has 2 aromatic carbocycles. The van der Waals surface area contributed by atoms with Gasteiger partial charge in [0, 0.05) is 42.8 Å². The summed E-state index contributed by atoms with van der Waals surface area (Å²) >= 11 is 0. The van der Waals surface area contributed by atoms with E-state index in [4.69, 9.17) is 10.7 Å². The largest absolute Gasteiger partial charge is 0.416 e. The summed E-state index contributed by atoms with van der Waals surface area (Å²) in [6.07, 6.45) is -0.579. The minimum Gasteiger partial charge on any atom is -0.383 e. The third kappa shape index (κ3) is 6.94. The van der Waals surface area contributed by atoms with Crippen LogP contribution in [0.25, 0.3) is 0 Å². The highest BCUT2D eigenvalue weighted by Gasteiger charge is 2.30. The number of rotatable bonds is 5. The predicted molar refractivity (Wildman–Crippen MR) is 153 cm³/mol. The molecule has 4 rings (SSSR count). The molecule has 0 spiro atoms. The number of hydrogen-bond donors (Lipinski definition) is 3. The highest BCUT2D eigenvalue weighted by Crippen LogP contribution is 2.31. The molecule has 40 heavy (non-hydrogen) atoms. The number of carbonyl (C=O) groups excluding carboxylic acids is 1. The Morgan fingerprint density at radius 3 is 2.67 bits per heavy atom. The summed E-state index contributed by atoms with van der Waals surface area (Å²) in [6.45, 7) is 8.92. The molecule has 0 saturated carbocycles. The zero-order chi connectivity index (χ0) is 28.9. The van der Waals surface area contributed by atoms with Crippen LogP contribution in [0, 0.1) is 6.92 Å². The van der Waals surface area contributed by atoms with Crippen LogP contribution >= 0.6 is 0 Å². The zero-order valence-electron chi connectivity index (χ0n) is 22.3. The van der Waals surface area contributed by atoms with Crippen molar-refractivity contribution in [2.75, 3.05) is 43.9 Å². The van der Waals surface area contributed by atoms with Crippen molar-refractivity contribution in [2.45, 2.75) is 19.5 Å². The maximum absolute atomic E-state index is 13.1. The van der Waals surface area contributed by atoms with Crippen LogP contribution < -0.4 is 16.4 Å². The molecule has 12 heteroatoms. The van der Waals surface area contributed by atoms with Crippen LogP contribution in [0.15, 0.2) is 81.7 Å². The van der Waals surface area contributed by atoms with Crippen LogP contribution in [0.4, 0.5) is 24.5 Å². The highest BCUT2D eigenvalue weighted by molar-refractivity contribution is 6.41. The molecule has 0 aliphatic carbocycles. The number of aryl methyl sites for hydroxylation is 1. The van der Waals surface area contributed by atoms with E-state index >= 15 is 0 Å². The fourth-order valence-corrected chi connectivity index (χ4v) is 4.23. The first kappa shape index (κ1) is 28.6. The lowest BCUT2D eigenvalue weighted by atomic mass is 10.1. The van der Waals surface area contributed by atoms with Crippen molar-refractivity contribution in [1.29, 1.82) is 0 Å². The van der Waals surface area contributed by atoms with Gasteiger partial charge in [-0.05, 0) is 62.8 Å². The van der Waals surface area contributed by atoms with Crippen molar-refractivity contribution in [3.05, 3.63) is 83.5 Å². The van der Waals surface area contributed by atoms with Gasteiger partial charge < -0.3 is 26.2 Å². The second-order valence-electron chi connectivity index (χ2n) is 9.46. The molecule has 0 bridgehead atoms. The quantitative estimate of drug-likeness (QED) is 0.507. The Morgan fingerprint density at radius 1 is 1.12 bits per heavy atom. The van der Waals surface area contributed by atoms with Gasteiger partial charge in [-0.25, -0.2) is 9.98 Å². The summed E-state index contributed by atoms with van der Waals surface area (Å²) < 4.78 is 39.2. The number of nitrogens with two attached hydrogens (primary N) is 1. The van der Waals surface area contributed by atoms with Gasteiger partial charge in [0.25, 0.3) is 5.91 Å². The van der Waals surface area contributed by atoms with E-state index in [1.807, 2.05) is 6.92 Å². The number of likely N-dealkylation sites (N-methyl/N-ethyl adjacent to an activating group) is 1. The molecule has 0 radical (unpaired) electrons. The smallest absolute Gasteiger partial charge is 0.383 e. The molecule has 2 aliphatic heterocycles. The van der Waals surface area contributed by atoms with Crippen LogP contribution in [-0.4, -0.2) is 66.8 Å². The number of hydrogen-bond acceptors (Lipinski definition) is 8. The maximum Gasteiger partial charge on any atom is 0.416 e. The molecule has 2 aromatic rings. The number of halogens is 3. The lowest BCUT2D eigenvalue weighted by Crippen LogP contribution is -2.36. The van der Waals surface area contributed by atoms with Crippen LogP contribution in [0.1, 0.15) is 27.9 Å². The molecule has 4 N–H and O–H groups in total. The van der Waals surface area contributed by atoms with Gasteiger partial charge in [0.05, 0.1) is 11.8 Å². The predicted octanol–water partition coefficient (Wildman–Crippen LogP) is 4.47. The van der Waals surface area contributed by atoms with Crippen LogP contribution in [-0.2, 0) is 6.18 Å². The van der Waals surface area contributed by atoms with E-state index in [0.29, 0.717) is 23.1 Å². The van der Waals surface area contributed by atoms with Gasteiger partial charge >= 0.3 is 6.18 Å². The number of allylic oxidation sites excluding steroid dienone is 1. The fraction of sp³-hybridized carbons (Fsp3) is 0.286. The number of nitrogens with one attached hydrogen (secondary N) is 2. The van der Waals surface area contributed by atoms with Crippen LogP contribution in [0.3, 0.4) is 0 Å². The first-order chi connectivity index (χ1) is 19.0. The van der Waals surface area contributed by atoms with Crippen molar-refractivity contribution < 1.29 is 18.0 Å². The van der Waals surface area contributed by atoms with Gasteiger partial charge in [0.15, 0.2) is 0 Å². The van der Waals surface area contributed by atoms with Crippen molar-refractivity contribution >= 4 is 35.2 Å². The number of benzene rings is 2. The molecule has 1 fully saturated rings. The number of guanidine groups is 1. The topological polar surface area (TPSA) is 111 Å². The normalized spacial score (nSPS) is 18.7. The Morgan fingerprint density at radius 2 is 1.93 bits per heavy atom. The van der Waals surface area contributed by atoms with Crippen LogP contribution in [0.2, 0.25) is 0 Å². The lowest BCUT2D eigenvalue weighted by Gasteiger charge is -2.24. The Balaban J connectivity index is 1.59. The summed E-state index contributed by atoms with van der Waals surface area (Å²) in [7, 11) is 2.08. The minimum absolute atomic E-state index is 0.0323. The Hall–Kier alpha value is -4.45. The Kier molecular flexibility index (Phi) is 8.68. The van der Waals surface area contributed by atoms with E-state index in [0.717, 1.165) is 50.3 Å². The standard InChI is InChI=1S/C28H31F3N8O/c1-4-33-23-17-34-27(39-12-6-11-38(3)13-14-39)37-24(23)25(32)36-22-15-19(10-9-18(22)2)26(40)35-21-8-5-7-20(16-21)28(29,30)31/h4-5,7-10,15-17,36H,1,6,11-14,32H2,2-3H3,(H,35,40)/b25-24-,33-23-. The monoisotopic (exact) mass is 552 g/mol. The van der Waals surface area contributed by atoms with Gasteiger partial charge in [-0.15, -0.1) is 0 Å². The summed E-state index contributed by atoms with van der Waals surface area (Å²) in [6, 6.07) is 9.33. The first-order valence-corrected chi connectivity index (χ1v) is 12.7. The van der Waals surface area contributed by atoms with Gasteiger partial charge in [-0.1, -0.05) is 18.7 Å². The molecule has 2 heterocycles. The number of anilines is 2. The molecule has 9 nitrogen and oxygen atoms in total. The Labute approximate surface area is 230 Å². The number of aliphatic imine (C=N–C) groups is 3. The lowest BCUT2D eigenvalue weighted by molar-refractivity contribution is -0.137. The minimum atomic E-state index is -4.52. The number of carbonyl (C=O) groups is 1. The Bertz CT molecular complexity index is 1410. The second-order valence-corrected chi connectivity index (χ2v) is 9.46. The third-order valence-electron chi connectivity index (χ3n) is 6.46. The molecular weight excluding hydrogens is 521 g/mol. The summed E-state index contributed by atoms with van der Waals surface area (Å²) in [5.41, 5.74) is 7.99. The second kappa shape index (κ2) is 12.2. The highest BCUT2D eigenvalue weighted by atomic mass is 19.4. The van der Waals surface area contributed by atoms with Crippen molar-refractivity contribution in [3.8, 4) is 0 Å². The summed E-state index contributed by atoms with van der Waals surface area (Å²) in [4.78, 5) is 30.7. The van der Waals surface area contributed by atoms with Crippen molar-refractivity contribution in [2.24, 2.45) is 20.7 Å². The molecule has 2 aliphatic rings. The average Bonchev–Trinajstić information content (AvgIpc) is 3.14. The van der Waals surface area contributed by atoms with E-state index in [1.54, 1.807) is 24.4 Å². The number of amides is 1. The van der Waals surface area contributed by atoms with E-state index < -0.39 is 17.6 Å². The average molecular weight is 553 g/mol. The van der Waals surface area contributed by atoms with E-state index in [2.05, 4.69) is 44.0 Å². The van der Waals surface area contributed by atoms with E-state index in [9.17, 15) is 18.0 Å². The molecule has 210 valence electrons. The van der Waals surface area contributed by atoms with Crippen molar-refractivity contribution in [3.63, 3.8) is 0 Å². The van der Waals surface area contributed by atoms with E-state index in [1.165, 1.54) is 18.3 Å². The molecule has 1 amide bonds. The molecule has 0 atom stereocenters. The van der Waals surface area contributed by atoms with Gasteiger partial charge in [0.1, 0.15) is 17.2 Å². The first-order valence-electron chi connectivity index (χ1n) is 12.7. The summed E-state index contributed by atoms with van der Waals surface area (Å²) in [5.74, 6) is 0.150. The zero-order valence-corrected chi connectivity index (χ0v) is 22.3. The molecule has 0 aromatic heterocycles. The number of alkyl halides is 3. The SMILES string of the molecule is C=C/N=C1/C=NC(N2CCCN(C)CC2)=N/C1=C(/N)Nc1cc(C(=O)Nc2cccc(C(F)(F)F)c2)ccc1C. The molecule has 0 unspecified atom stereocenters. The van der Waals surface area contributed by atoms with E-state index in [-0.39, 0.29) is 17.1 Å². The fourth-order valence-electron chi connectivity index (χ4n) is 4.23.